The Balaban J connectivity index is 6.41. The number of Topliss-reactive ketones (excluding diaryl/α,β-unsaturated/α-hetero) is 6. The molecule has 0 spiro atoms. The van der Waals surface area contributed by atoms with Gasteiger partial charge >= 0.3 is 283 Å². The molecule has 0 aromatic heterocycles. The van der Waals surface area contributed by atoms with Gasteiger partial charge in [0.25, 0.3) is 0 Å². The molecule has 0 rings (SSSR count). The number of carbonyl (C=O) groups excluding carboxylic acids is 9. The zero-order chi connectivity index (χ0) is 37.0. The first kappa shape index (κ1) is 43.3. The molecule has 0 aromatic rings. The Morgan fingerprint density at radius 1 is 0.348 bits per heavy atom. The van der Waals surface area contributed by atoms with Gasteiger partial charge in [0, 0.05) is 0 Å². The predicted octanol–water partition coefficient (Wildman–Crippen LogP) is 4.40. The minimum atomic E-state index is -5.22. The standard InChI is InChI=1S/3C11H18O4.In/c3*1-10(2,3)7(12)6-8(13)11(4,5)9(14)15;/h3*6H2,1-5H3,(H,14,15);/q;;;+3/p-3. The molecular formula is C33H51InO12. The normalized spacial score (nSPS) is 12.8. The minimum absolute atomic E-state index is 0.438. The third-order valence-electron chi connectivity index (χ3n) is 7.70. The fourth-order valence-corrected chi connectivity index (χ4v) is 7.44. The van der Waals surface area contributed by atoms with Crippen LogP contribution in [-0.4, -0.2) is 75.4 Å². The number of ketones is 6. The van der Waals surface area contributed by atoms with E-state index in [-0.39, 0.29) is 0 Å². The van der Waals surface area contributed by atoms with Crippen LogP contribution in [-0.2, 0) is 51.7 Å². The van der Waals surface area contributed by atoms with Crippen LogP contribution in [0.15, 0.2) is 0 Å². The van der Waals surface area contributed by atoms with Gasteiger partial charge in [-0.15, -0.1) is 0 Å². The van der Waals surface area contributed by atoms with Crippen LogP contribution in [0.5, 0.6) is 0 Å². The van der Waals surface area contributed by atoms with E-state index in [4.69, 9.17) is 8.56 Å². The fourth-order valence-electron chi connectivity index (χ4n) is 3.01. The summed E-state index contributed by atoms with van der Waals surface area (Å²) in [6.07, 6.45) is -1.80. The molecule has 0 aliphatic carbocycles. The molecule has 0 bridgehead atoms. The molecule has 0 heterocycles. The van der Waals surface area contributed by atoms with Gasteiger partial charge in [0.15, 0.2) is 0 Å². The summed E-state index contributed by atoms with van der Waals surface area (Å²) in [5.41, 5.74) is -8.44. The van der Waals surface area contributed by atoms with Crippen molar-refractivity contribution < 1.29 is 51.7 Å². The predicted molar refractivity (Wildman–Crippen MR) is 168 cm³/mol. The van der Waals surface area contributed by atoms with E-state index >= 15 is 0 Å². The van der Waals surface area contributed by atoms with Crippen molar-refractivity contribution in [1.82, 2.24) is 0 Å². The Morgan fingerprint density at radius 2 is 0.522 bits per heavy atom. The summed E-state index contributed by atoms with van der Waals surface area (Å²) in [5.74, 6) is -7.46. The quantitative estimate of drug-likeness (QED) is 0.215. The van der Waals surface area contributed by atoms with Gasteiger partial charge in [-0.1, -0.05) is 0 Å². The van der Waals surface area contributed by atoms with Gasteiger partial charge in [-0.3, -0.25) is 0 Å². The van der Waals surface area contributed by atoms with Crippen LogP contribution in [0, 0.1) is 32.5 Å². The maximum absolute atomic E-state index is 13.3. The van der Waals surface area contributed by atoms with Crippen LogP contribution in [0.4, 0.5) is 0 Å². The van der Waals surface area contributed by atoms with Crippen LogP contribution < -0.4 is 0 Å². The van der Waals surface area contributed by atoms with Crippen molar-refractivity contribution in [3.05, 3.63) is 0 Å². The molecule has 0 saturated carbocycles. The monoisotopic (exact) mass is 754 g/mol. The average molecular weight is 755 g/mol. The molecule has 0 unspecified atom stereocenters. The van der Waals surface area contributed by atoms with E-state index in [1.807, 2.05) is 0 Å². The molecular weight excluding hydrogens is 703 g/mol. The van der Waals surface area contributed by atoms with E-state index in [2.05, 4.69) is 0 Å². The summed E-state index contributed by atoms with van der Waals surface area (Å²) < 4.78 is 16.1. The van der Waals surface area contributed by atoms with E-state index in [9.17, 15) is 43.2 Å². The molecule has 0 saturated heterocycles. The Morgan fingerprint density at radius 3 is 0.674 bits per heavy atom. The fraction of sp³-hybridized carbons (Fsp3) is 0.727. The molecule has 46 heavy (non-hydrogen) atoms. The van der Waals surface area contributed by atoms with Crippen LogP contribution >= 0.6 is 0 Å². The summed E-state index contributed by atoms with van der Waals surface area (Å²) in [4.78, 5) is 116. The Kier molecular flexibility index (Phi) is 14.1. The molecule has 0 aromatic carbocycles. The second-order valence-electron chi connectivity index (χ2n) is 16.2. The number of carbonyl (C=O) groups is 9. The molecule has 12 nitrogen and oxygen atoms in total. The van der Waals surface area contributed by atoms with E-state index in [1.165, 1.54) is 41.5 Å². The van der Waals surface area contributed by atoms with Crippen LogP contribution in [0.25, 0.3) is 0 Å². The van der Waals surface area contributed by atoms with Gasteiger partial charge in [0.2, 0.25) is 0 Å². The van der Waals surface area contributed by atoms with Gasteiger partial charge in [0.05, 0.1) is 0 Å². The molecule has 0 fully saturated rings. The molecule has 0 amide bonds. The first-order chi connectivity index (χ1) is 20.2. The molecule has 0 atom stereocenters. The maximum atomic E-state index is 13.3. The van der Waals surface area contributed by atoms with Crippen molar-refractivity contribution in [1.29, 1.82) is 0 Å². The Labute approximate surface area is 281 Å². The van der Waals surface area contributed by atoms with E-state index < -0.39 is 127 Å². The first-order valence-electron chi connectivity index (χ1n) is 15.0. The van der Waals surface area contributed by atoms with E-state index in [0.29, 0.717) is 0 Å². The van der Waals surface area contributed by atoms with Crippen molar-refractivity contribution in [2.24, 2.45) is 32.5 Å². The third-order valence-corrected chi connectivity index (χ3v) is 11.2. The first-order valence-corrected chi connectivity index (χ1v) is 19.1. The second kappa shape index (κ2) is 15.0. The molecule has 258 valence electrons. The summed E-state index contributed by atoms with van der Waals surface area (Å²) in [6, 6.07) is 0. The van der Waals surface area contributed by atoms with Crippen molar-refractivity contribution in [2.75, 3.05) is 0 Å². The Bertz CT molecular complexity index is 1120. The van der Waals surface area contributed by atoms with Crippen LogP contribution in [0.1, 0.15) is 123 Å². The third kappa shape index (κ3) is 11.8. The van der Waals surface area contributed by atoms with Gasteiger partial charge in [-0.05, 0) is 0 Å². The van der Waals surface area contributed by atoms with E-state index in [1.54, 1.807) is 62.3 Å². The van der Waals surface area contributed by atoms with Gasteiger partial charge in [-0.25, -0.2) is 0 Å². The number of hydrogen-bond acceptors (Lipinski definition) is 12. The van der Waals surface area contributed by atoms with Crippen molar-refractivity contribution in [3.63, 3.8) is 0 Å². The van der Waals surface area contributed by atoms with Crippen LogP contribution in [0.2, 0.25) is 0 Å². The van der Waals surface area contributed by atoms with E-state index in [0.717, 1.165) is 0 Å². The molecule has 0 N–H and O–H groups in total. The van der Waals surface area contributed by atoms with Crippen molar-refractivity contribution in [3.8, 4) is 0 Å². The van der Waals surface area contributed by atoms with Crippen LogP contribution in [0.3, 0.4) is 0 Å². The zero-order valence-corrected chi connectivity index (χ0v) is 33.4. The number of hydrogen-bond donors (Lipinski definition) is 0. The molecule has 13 heteroatoms. The summed E-state index contributed by atoms with van der Waals surface area (Å²) in [7, 11) is 0. The van der Waals surface area contributed by atoms with Gasteiger partial charge < -0.3 is 0 Å². The van der Waals surface area contributed by atoms with Crippen molar-refractivity contribution in [2.45, 2.75) is 123 Å². The second-order valence-corrected chi connectivity index (χ2v) is 19.9. The molecule has 0 aliphatic rings. The average Bonchev–Trinajstić information content (AvgIpc) is 2.86. The molecule has 0 aliphatic heterocycles. The van der Waals surface area contributed by atoms with Gasteiger partial charge in [-0.2, -0.15) is 0 Å². The number of rotatable bonds is 15. The molecule has 0 radical (unpaired) electrons. The van der Waals surface area contributed by atoms with Gasteiger partial charge in [0.1, 0.15) is 0 Å². The zero-order valence-electron chi connectivity index (χ0n) is 30.1. The summed E-state index contributed by atoms with van der Waals surface area (Å²) in [6.45, 7) is 21.6. The van der Waals surface area contributed by atoms with Crippen molar-refractivity contribution >= 4 is 75.4 Å². The SMILES string of the molecule is CC(C)(C)C(=O)CC(=O)C(C)(C)C(=O)[O][In]([O]C(=O)C(C)(C)C(=O)CC(=O)C(C)(C)C)[O]C(=O)C(C)(C)C(=O)CC(=O)C(C)(C)C. The summed E-state index contributed by atoms with van der Waals surface area (Å²) >= 11 is -5.22. The Hall–Kier alpha value is -2.70. The topological polar surface area (TPSA) is 181 Å². The summed E-state index contributed by atoms with van der Waals surface area (Å²) in [5, 5.41) is 0.